The molecule has 0 N–H and O–H groups in total. The Balaban J connectivity index is 2.30. The molecule has 0 unspecified atom stereocenters. The number of ether oxygens (including phenoxy) is 1. The zero-order chi connectivity index (χ0) is 11.5. The molecule has 1 heteroatoms. The molecule has 81 valence electrons. The molecule has 0 heterocycles. The third-order valence-corrected chi connectivity index (χ3v) is 2.47. The molecule has 2 rings (SSSR count). The SMILES string of the molecule is [CH2]c1cccc(Oc2cc(C)ccc2C)c1. The van der Waals surface area contributed by atoms with Gasteiger partial charge in [-0.2, -0.15) is 0 Å². The molecule has 0 bridgehead atoms. The quantitative estimate of drug-likeness (QED) is 0.720. The van der Waals surface area contributed by atoms with Crippen molar-refractivity contribution in [2.24, 2.45) is 0 Å². The highest BCUT2D eigenvalue weighted by molar-refractivity contribution is 5.40. The van der Waals surface area contributed by atoms with Gasteiger partial charge in [0.05, 0.1) is 0 Å². The van der Waals surface area contributed by atoms with E-state index in [1.54, 1.807) is 0 Å². The molecule has 0 aliphatic carbocycles. The molecule has 0 spiro atoms. The molecule has 0 aromatic heterocycles. The topological polar surface area (TPSA) is 9.23 Å². The van der Waals surface area contributed by atoms with Gasteiger partial charge in [0, 0.05) is 0 Å². The van der Waals surface area contributed by atoms with Gasteiger partial charge in [0.1, 0.15) is 11.5 Å². The molecule has 2 aromatic carbocycles. The summed E-state index contributed by atoms with van der Waals surface area (Å²) in [5.74, 6) is 1.74. The monoisotopic (exact) mass is 211 g/mol. The predicted octanol–water partition coefficient (Wildman–Crippen LogP) is 4.28. The van der Waals surface area contributed by atoms with Crippen LogP contribution in [0.1, 0.15) is 16.7 Å². The number of hydrogen-bond donors (Lipinski definition) is 0. The molecular formula is C15H15O. The van der Waals surface area contributed by atoms with Gasteiger partial charge >= 0.3 is 0 Å². The Bertz CT molecular complexity index is 501. The van der Waals surface area contributed by atoms with Crippen molar-refractivity contribution in [3.8, 4) is 11.5 Å². The van der Waals surface area contributed by atoms with Gasteiger partial charge in [0.2, 0.25) is 0 Å². The van der Waals surface area contributed by atoms with Gasteiger partial charge in [-0.25, -0.2) is 0 Å². The lowest BCUT2D eigenvalue weighted by molar-refractivity contribution is 0.478. The van der Waals surface area contributed by atoms with E-state index in [1.165, 1.54) is 5.56 Å². The van der Waals surface area contributed by atoms with Gasteiger partial charge in [-0.15, -0.1) is 0 Å². The lowest BCUT2D eigenvalue weighted by atomic mass is 10.1. The van der Waals surface area contributed by atoms with Crippen molar-refractivity contribution in [3.63, 3.8) is 0 Å². The maximum atomic E-state index is 5.83. The van der Waals surface area contributed by atoms with E-state index >= 15 is 0 Å². The third-order valence-electron chi connectivity index (χ3n) is 2.47. The fraction of sp³-hybridized carbons (Fsp3) is 0.133. The summed E-state index contributed by atoms with van der Waals surface area (Å²) in [5.41, 5.74) is 3.30. The Morgan fingerprint density at radius 2 is 1.81 bits per heavy atom. The highest BCUT2D eigenvalue weighted by Crippen LogP contribution is 2.26. The fourth-order valence-corrected chi connectivity index (χ4v) is 1.55. The summed E-state index contributed by atoms with van der Waals surface area (Å²) in [5, 5.41) is 0. The summed E-state index contributed by atoms with van der Waals surface area (Å²) >= 11 is 0. The fourth-order valence-electron chi connectivity index (χ4n) is 1.55. The van der Waals surface area contributed by atoms with Crippen LogP contribution in [-0.2, 0) is 0 Å². The van der Waals surface area contributed by atoms with Crippen LogP contribution in [0.5, 0.6) is 11.5 Å². The highest BCUT2D eigenvalue weighted by Gasteiger charge is 2.01. The molecule has 0 saturated heterocycles. The van der Waals surface area contributed by atoms with Crippen molar-refractivity contribution in [1.29, 1.82) is 0 Å². The summed E-state index contributed by atoms with van der Waals surface area (Å²) in [4.78, 5) is 0. The second kappa shape index (κ2) is 4.40. The van der Waals surface area contributed by atoms with Gasteiger partial charge in [-0.3, -0.25) is 0 Å². The number of aryl methyl sites for hydroxylation is 2. The first-order chi connectivity index (χ1) is 7.65. The van der Waals surface area contributed by atoms with E-state index in [1.807, 2.05) is 37.3 Å². The van der Waals surface area contributed by atoms with Crippen LogP contribution in [0, 0.1) is 20.8 Å². The maximum absolute atomic E-state index is 5.83. The first kappa shape index (κ1) is 10.7. The van der Waals surface area contributed by atoms with Crippen molar-refractivity contribution in [2.45, 2.75) is 13.8 Å². The summed E-state index contributed by atoms with van der Waals surface area (Å²) in [6.45, 7) is 7.99. The number of rotatable bonds is 2. The lowest BCUT2D eigenvalue weighted by Crippen LogP contribution is -1.88. The van der Waals surface area contributed by atoms with Crippen LogP contribution in [0.15, 0.2) is 42.5 Å². The second-order valence-corrected chi connectivity index (χ2v) is 4.02. The number of benzene rings is 2. The molecule has 0 fully saturated rings. The first-order valence-corrected chi connectivity index (χ1v) is 5.32. The molecule has 1 nitrogen and oxygen atoms in total. The van der Waals surface area contributed by atoms with Crippen LogP contribution in [0.4, 0.5) is 0 Å². The molecule has 0 atom stereocenters. The molecule has 0 amide bonds. The minimum absolute atomic E-state index is 0.834. The minimum Gasteiger partial charge on any atom is -0.457 e. The van der Waals surface area contributed by atoms with Gasteiger partial charge in [0.15, 0.2) is 0 Å². The lowest BCUT2D eigenvalue weighted by Gasteiger charge is -2.09. The molecule has 16 heavy (non-hydrogen) atoms. The van der Waals surface area contributed by atoms with E-state index in [0.29, 0.717) is 0 Å². The van der Waals surface area contributed by atoms with Crippen molar-refractivity contribution in [3.05, 3.63) is 66.1 Å². The Morgan fingerprint density at radius 3 is 2.56 bits per heavy atom. The van der Waals surface area contributed by atoms with Crippen LogP contribution in [0.2, 0.25) is 0 Å². The van der Waals surface area contributed by atoms with Crippen LogP contribution >= 0.6 is 0 Å². The van der Waals surface area contributed by atoms with Crippen LogP contribution in [-0.4, -0.2) is 0 Å². The van der Waals surface area contributed by atoms with E-state index in [2.05, 4.69) is 26.0 Å². The number of hydrogen-bond acceptors (Lipinski definition) is 1. The van der Waals surface area contributed by atoms with Crippen LogP contribution < -0.4 is 4.74 Å². The van der Waals surface area contributed by atoms with Gasteiger partial charge < -0.3 is 4.74 Å². The molecule has 0 saturated carbocycles. The Kier molecular flexibility index (Phi) is 2.95. The van der Waals surface area contributed by atoms with E-state index in [9.17, 15) is 0 Å². The van der Waals surface area contributed by atoms with Crippen molar-refractivity contribution in [2.75, 3.05) is 0 Å². The minimum atomic E-state index is 0.834. The highest BCUT2D eigenvalue weighted by atomic mass is 16.5. The van der Waals surface area contributed by atoms with Gasteiger partial charge in [-0.1, -0.05) is 24.3 Å². The predicted molar refractivity (Wildman–Crippen MR) is 66.9 cm³/mol. The van der Waals surface area contributed by atoms with Crippen molar-refractivity contribution < 1.29 is 4.74 Å². The van der Waals surface area contributed by atoms with E-state index in [4.69, 9.17) is 4.74 Å². The standard InChI is InChI=1S/C15H15O/c1-11-5-4-6-14(9-11)16-15-10-12(2)7-8-13(15)3/h4-10H,1H2,2-3H3. The molecule has 0 aliphatic rings. The van der Waals surface area contributed by atoms with Crippen molar-refractivity contribution >= 4 is 0 Å². The molecular weight excluding hydrogens is 196 g/mol. The zero-order valence-electron chi connectivity index (χ0n) is 9.66. The third kappa shape index (κ3) is 2.43. The first-order valence-electron chi connectivity index (χ1n) is 5.32. The Morgan fingerprint density at radius 1 is 1.00 bits per heavy atom. The van der Waals surface area contributed by atoms with E-state index < -0.39 is 0 Å². The summed E-state index contributed by atoms with van der Waals surface area (Å²) in [6.07, 6.45) is 0. The largest absolute Gasteiger partial charge is 0.457 e. The normalized spacial score (nSPS) is 10.2. The smallest absolute Gasteiger partial charge is 0.130 e. The average Bonchev–Trinajstić information content (AvgIpc) is 2.24. The van der Waals surface area contributed by atoms with Crippen LogP contribution in [0.25, 0.3) is 0 Å². The Labute approximate surface area is 96.7 Å². The van der Waals surface area contributed by atoms with Crippen molar-refractivity contribution in [1.82, 2.24) is 0 Å². The summed E-state index contributed by atoms with van der Waals surface area (Å²) in [7, 11) is 0. The van der Waals surface area contributed by atoms with E-state index in [-0.39, 0.29) is 0 Å². The van der Waals surface area contributed by atoms with E-state index in [0.717, 1.165) is 22.6 Å². The average molecular weight is 211 g/mol. The van der Waals surface area contributed by atoms with Crippen LogP contribution in [0.3, 0.4) is 0 Å². The summed E-state index contributed by atoms with van der Waals surface area (Å²) in [6, 6.07) is 14.0. The summed E-state index contributed by atoms with van der Waals surface area (Å²) < 4.78 is 5.83. The molecule has 2 aromatic rings. The van der Waals surface area contributed by atoms with Gasteiger partial charge in [0.25, 0.3) is 0 Å². The Hall–Kier alpha value is -1.76. The maximum Gasteiger partial charge on any atom is 0.130 e. The molecule has 0 aliphatic heterocycles. The zero-order valence-corrected chi connectivity index (χ0v) is 9.66. The molecule has 1 radical (unpaired) electrons. The second-order valence-electron chi connectivity index (χ2n) is 4.02. The van der Waals surface area contributed by atoms with Gasteiger partial charge in [-0.05, 0) is 55.7 Å².